The topological polar surface area (TPSA) is 53.0 Å². The lowest BCUT2D eigenvalue weighted by Crippen LogP contribution is -2.51. The number of amides is 1. The van der Waals surface area contributed by atoms with Gasteiger partial charge in [-0.2, -0.15) is 0 Å². The quantitative estimate of drug-likeness (QED) is 0.918. The molecule has 0 spiro atoms. The van der Waals surface area contributed by atoms with E-state index < -0.39 is 6.10 Å². The number of nitrogens with zero attached hydrogens (tertiary/aromatic N) is 2. The first-order chi connectivity index (χ1) is 11.6. The van der Waals surface area contributed by atoms with Gasteiger partial charge in [0.25, 0.3) is 0 Å². The first-order valence-corrected chi connectivity index (χ1v) is 8.99. The lowest BCUT2D eigenvalue weighted by atomic mass is 9.97. The fourth-order valence-electron chi connectivity index (χ4n) is 3.98. The maximum Gasteiger partial charge on any atom is 0.241 e. The van der Waals surface area contributed by atoms with E-state index in [9.17, 15) is 9.90 Å². The first kappa shape index (κ1) is 17.2. The third-order valence-electron chi connectivity index (χ3n) is 5.27. The molecule has 2 unspecified atom stereocenters. The molecule has 5 heteroatoms. The fraction of sp³-hybridized carbons (Fsp3) is 0.632. The highest BCUT2D eigenvalue weighted by atomic mass is 16.5. The van der Waals surface area contributed by atoms with E-state index in [0.717, 1.165) is 56.6 Å². The van der Waals surface area contributed by atoms with Crippen LogP contribution in [0.3, 0.4) is 0 Å². The van der Waals surface area contributed by atoms with Crippen LogP contribution in [0.15, 0.2) is 18.2 Å². The number of carbonyl (C=O) groups is 1. The maximum atomic E-state index is 12.9. The maximum absolute atomic E-state index is 12.9. The Kier molecular flexibility index (Phi) is 5.41. The number of fused-ring (bicyclic) bond motifs is 1. The molecule has 1 aromatic carbocycles. The van der Waals surface area contributed by atoms with Gasteiger partial charge in [-0.15, -0.1) is 0 Å². The van der Waals surface area contributed by atoms with Crippen molar-refractivity contribution in [2.24, 2.45) is 0 Å². The number of aliphatic hydroxyl groups excluding tert-OH is 1. The van der Waals surface area contributed by atoms with Crippen LogP contribution in [-0.2, 0) is 11.2 Å². The number of benzene rings is 1. The van der Waals surface area contributed by atoms with E-state index in [2.05, 4.69) is 4.90 Å². The Hall–Kier alpha value is -1.59. The third-order valence-corrected chi connectivity index (χ3v) is 5.27. The van der Waals surface area contributed by atoms with E-state index in [1.807, 2.05) is 30.0 Å². The summed E-state index contributed by atoms with van der Waals surface area (Å²) >= 11 is 0. The second-order valence-corrected chi connectivity index (χ2v) is 6.92. The van der Waals surface area contributed by atoms with Crippen LogP contribution >= 0.6 is 0 Å². The Bertz CT molecular complexity index is 588. The normalized spacial score (nSPS) is 22.8. The number of anilines is 1. The summed E-state index contributed by atoms with van der Waals surface area (Å²) in [5.74, 6) is 0.974. The third kappa shape index (κ3) is 3.57. The van der Waals surface area contributed by atoms with Crippen molar-refractivity contribution in [2.45, 2.75) is 51.2 Å². The Balaban J connectivity index is 1.74. The van der Waals surface area contributed by atoms with E-state index in [4.69, 9.17) is 4.74 Å². The lowest BCUT2D eigenvalue weighted by molar-refractivity contribution is -0.121. The van der Waals surface area contributed by atoms with Gasteiger partial charge >= 0.3 is 0 Å². The van der Waals surface area contributed by atoms with Crippen LogP contribution in [-0.4, -0.2) is 54.8 Å². The first-order valence-electron chi connectivity index (χ1n) is 8.99. The van der Waals surface area contributed by atoms with Crippen LogP contribution in [0.4, 0.5) is 5.69 Å². The van der Waals surface area contributed by atoms with Crippen molar-refractivity contribution >= 4 is 11.6 Å². The van der Waals surface area contributed by atoms with Crippen molar-refractivity contribution in [2.75, 3.05) is 31.6 Å². The standard InChI is InChI=1S/C19H28N2O3/c1-14(22)17-7-3-4-10-20(17)13-19(23)21-11-5-6-15-12-16(24-2)8-9-18(15)21/h8-9,12,14,17,22H,3-7,10-11,13H2,1-2H3. The minimum atomic E-state index is -0.393. The van der Waals surface area contributed by atoms with Crippen LogP contribution in [0.1, 0.15) is 38.2 Å². The molecule has 3 rings (SSSR count). The number of carbonyl (C=O) groups excluding carboxylic acids is 1. The number of piperidine rings is 1. The summed E-state index contributed by atoms with van der Waals surface area (Å²) < 4.78 is 5.30. The summed E-state index contributed by atoms with van der Waals surface area (Å²) in [6.45, 7) is 3.88. The second-order valence-electron chi connectivity index (χ2n) is 6.92. The summed E-state index contributed by atoms with van der Waals surface area (Å²) in [5, 5.41) is 10.0. The zero-order valence-electron chi connectivity index (χ0n) is 14.7. The molecular formula is C19H28N2O3. The van der Waals surface area contributed by atoms with Crippen molar-refractivity contribution in [1.29, 1.82) is 0 Å². The number of likely N-dealkylation sites (tertiary alicyclic amines) is 1. The number of hydrogen-bond acceptors (Lipinski definition) is 4. The Morgan fingerprint density at radius 2 is 2.17 bits per heavy atom. The molecule has 1 saturated heterocycles. The van der Waals surface area contributed by atoms with E-state index in [1.54, 1.807) is 7.11 Å². The molecule has 24 heavy (non-hydrogen) atoms. The largest absolute Gasteiger partial charge is 0.497 e. The highest BCUT2D eigenvalue weighted by Gasteiger charge is 2.30. The van der Waals surface area contributed by atoms with Crippen molar-refractivity contribution in [3.63, 3.8) is 0 Å². The molecule has 132 valence electrons. The van der Waals surface area contributed by atoms with Gasteiger partial charge in [0, 0.05) is 18.3 Å². The highest BCUT2D eigenvalue weighted by Crippen LogP contribution is 2.31. The molecule has 2 heterocycles. The molecular weight excluding hydrogens is 304 g/mol. The van der Waals surface area contributed by atoms with E-state index in [-0.39, 0.29) is 11.9 Å². The Labute approximate surface area is 144 Å². The number of rotatable bonds is 4. The van der Waals surface area contributed by atoms with E-state index in [1.165, 1.54) is 5.56 Å². The smallest absolute Gasteiger partial charge is 0.241 e. The average molecular weight is 332 g/mol. The van der Waals surface area contributed by atoms with Crippen molar-refractivity contribution < 1.29 is 14.6 Å². The molecule has 1 aromatic rings. The molecule has 0 aromatic heterocycles. The van der Waals surface area contributed by atoms with Crippen molar-refractivity contribution in [1.82, 2.24) is 4.90 Å². The van der Waals surface area contributed by atoms with Crippen molar-refractivity contribution in [3.8, 4) is 5.75 Å². The van der Waals surface area contributed by atoms with Gasteiger partial charge in [0.15, 0.2) is 0 Å². The van der Waals surface area contributed by atoms with Gasteiger partial charge in [0.2, 0.25) is 5.91 Å². The average Bonchev–Trinajstić information content (AvgIpc) is 2.60. The van der Waals surface area contributed by atoms with E-state index >= 15 is 0 Å². The van der Waals surface area contributed by atoms with Crippen LogP contribution in [0.25, 0.3) is 0 Å². The summed E-state index contributed by atoms with van der Waals surface area (Å²) in [4.78, 5) is 17.0. The number of hydrogen-bond donors (Lipinski definition) is 1. The molecule has 0 bridgehead atoms. The van der Waals surface area contributed by atoms with Crippen LogP contribution in [0, 0.1) is 0 Å². The van der Waals surface area contributed by atoms with Gasteiger partial charge in [-0.05, 0) is 62.9 Å². The predicted molar refractivity (Wildman–Crippen MR) is 94.6 cm³/mol. The second kappa shape index (κ2) is 7.53. The fourth-order valence-corrected chi connectivity index (χ4v) is 3.98. The Morgan fingerprint density at radius 1 is 1.33 bits per heavy atom. The summed E-state index contributed by atoms with van der Waals surface area (Å²) in [6.07, 6.45) is 4.77. The molecule has 1 amide bonds. The van der Waals surface area contributed by atoms with Crippen LogP contribution in [0.5, 0.6) is 5.75 Å². The molecule has 1 N–H and O–H groups in total. The van der Waals surface area contributed by atoms with Gasteiger partial charge in [0.1, 0.15) is 5.75 Å². The molecule has 0 radical (unpaired) electrons. The molecule has 0 saturated carbocycles. The number of aliphatic hydroxyl groups is 1. The summed E-state index contributed by atoms with van der Waals surface area (Å²) in [6, 6.07) is 6.05. The van der Waals surface area contributed by atoms with Gasteiger partial charge in [-0.1, -0.05) is 6.42 Å². The number of methoxy groups -OCH3 is 1. The highest BCUT2D eigenvalue weighted by molar-refractivity contribution is 5.96. The molecule has 2 atom stereocenters. The molecule has 5 nitrogen and oxygen atoms in total. The van der Waals surface area contributed by atoms with Crippen LogP contribution < -0.4 is 9.64 Å². The van der Waals surface area contributed by atoms with Crippen molar-refractivity contribution in [3.05, 3.63) is 23.8 Å². The van der Waals surface area contributed by atoms with Gasteiger partial charge < -0.3 is 14.7 Å². The minimum Gasteiger partial charge on any atom is -0.497 e. The Morgan fingerprint density at radius 3 is 2.92 bits per heavy atom. The zero-order valence-corrected chi connectivity index (χ0v) is 14.7. The van der Waals surface area contributed by atoms with Gasteiger partial charge in [0.05, 0.1) is 19.8 Å². The number of ether oxygens (including phenoxy) is 1. The molecule has 2 aliphatic heterocycles. The van der Waals surface area contributed by atoms with E-state index in [0.29, 0.717) is 6.54 Å². The lowest BCUT2D eigenvalue weighted by Gasteiger charge is -2.38. The summed E-state index contributed by atoms with van der Waals surface area (Å²) in [5.41, 5.74) is 2.19. The van der Waals surface area contributed by atoms with Gasteiger partial charge in [-0.3, -0.25) is 9.69 Å². The summed E-state index contributed by atoms with van der Waals surface area (Å²) in [7, 11) is 1.67. The predicted octanol–water partition coefficient (Wildman–Crippen LogP) is 2.21. The molecule has 2 aliphatic rings. The SMILES string of the molecule is COc1ccc2c(c1)CCCN2C(=O)CN1CCCCC1C(C)O. The zero-order chi connectivity index (χ0) is 17.1. The minimum absolute atomic E-state index is 0.0998. The monoisotopic (exact) mass is 332 g/mol. The van der Waals surface area contributed by atoms with Crippen LogP contribution in [0.2, 0.25) is 0 Å². The molecule has 1 fully saturated rings. The van der Waals surface area contributed by atoms with Gasteiger partial charge in [-0.25, -0.2) is 0 Å². The number of aryl methyl sites for hydroxylation is 1. The molecule has 0 aliphatic carbocycles.